The van der Waals surface area contributed by atoms with Crippen molar-refractivity contribution in [3.05, 3.63) is 33.8 Å². The van der Waals surface area contributed by atoms with Crippen LogP contribution in [0.1, 0.15) is 31.2 Å². The highest BCUT2D eigenvalue weighted by Gasteiger charge is 2.38. The molecule has 2 rings (SSSR count). The normalized spacial score (nSPS) is 19.3. The second-order valence-electron chi connectivity index (χ2n) is 5.14. The van der Waals surface area contributed by atoms with Crippen LogP contribution in [0.4, 0.5) is 0 Å². The molecule has 1 unspecified atom stereocenters. The Morgan fingerprint density at radius 2 is 2.11 bits per heavy atom. The maximum atomic E-state index is 6.21. The fourth-order valence-corrected chi connectivity index (χ4v) is 2.98. The van der Waals surface area contributed by atoms with Gasteiger partial charge < -0.3 is 10.5 Å². The van der Waals surface area contributed by atoms with Crippen LogP contribution < -0.4 is 5.73 Å². The molecule has 0 amide bonds. The molecule has 1 aliphatic rings. The Kier molecular flexibility index (Phi) is 4.54. The van der Waals surface area contributed by atoms with Crippen LogP contribution in [0.5, 0.6) is 0 Å². The molecule has 0 radical (unpaired) electrons. The van der Waals surface area contributed by atoms with E-state index >= 15 is 0 Å². The van der Waals surface area contributed by atoms with Crippen molar-refractivity contribution >= 4 is 23.2 Å². The highest BCUT2D eigenvalue weighted by molar-refractivity contribution is 6.33. The van der Waals surface area contributed by atoms with E-state index in [0.29, 0.717) is 5.02 Å². The van der Waals surface area contributed by atoms with Crippen molar-refractivity contribution in [3.8, 4) is 0 Å². The fraction of sp³-hybridized carbons (Fsp3) is 0.571. The van der Waals surface area contributed by atoms with Crippen LogP contribution in [0, 0.1) is 0 Å². The summed E-state index contributed by atoms with van der Waals surface area (Å²) in [6, 6.07) is 5.56. The quantitative estimate of drug-likeness (QED) is 0.894. The van der Waals surface area contributed by atoms with Gasteiger partial charge in [-0.2, -0.15) is 0 Å². The molecule has 0 aromatic heterocycles. The van der Waals surface area contributed by atoms with Gasteiger partial charge in [-0.3, -0.25) is 0 Å². The van der Waals surface area contributed by atoms with Gasteiger partial charge in [-0.1, -0.05) is 23.2 Å². The molecule has 18 heavy (non-hydrogen) atoms. The van der Waals surface area contributed by atoms with Crippen molar-refractivity contribution in [3.63, 3.8) is 0 Å². The lowest BCUT2D eigenvalue weighted by molar-refractivity contribution is -0.0813. The monoisotopic (exact) mass is 287 g/mol. The number of hydrogen-bond acceptors (Lipinski definition) is 2. The second kappa shape index (κ2) is 5.79. The van der Waals surface area contributed by atoms with Crippen molar-refractivity contribution in [1.82, 2.24) is 0 Å². The Hall–Kier alpha value is -0.280. The fourth-order valence-electron chi connectivity index (χ4n) is 2.59. The Morgan fingerprint density at radius 3 is 2.67 bits per heavy atom. The maximum absolute atomic E-state index is 6.21. The average Bonchev–Trinajstić information content (AvgIpc) is 2.28. The van der Waals surface area contributed by atoms with Crippen LogP contribution in [0.15, 0.2) is 18.2 Å². The van der Waals surface area contributed by atoms with Crippen LogP contribution >= 0.6 is 23.2 Å². The van der Waals surface area contributed by atoms with E-state index in [4.69, 9.17) is 33.7 Å². The number of ether oxygens (including phenoxy) is 1. The Bertz CT molecular complexity index is 413. The van der Waals surface area contributed by atoms with Gasteiger partial charge in [0.25, 0.3) is 0 Å². The first-order valence-electron chi connectivity index (χ1n) is 6.29. The zero-order valence-corrected chi connectivity index (χ0v) is 12.1. The molecule has 0 aliphatic heterocycles. The number of rotatable bonds is 5. The molecule has 0 saturated heterocycles. The molecule has 2 N–H and O–H groups in total. The lowest BCUT2D eigenvalue weighted by Gasteiger charge is -2.42. The summed E-state index contributed by atoms with van der Waals surface area (Å²) in [5.41, 5.74) is 7.23. The maximum Gasteiger partial charge on any atom is 0.0693 e. The predicted molar refractivity (Wildman–Crippen MR) is 76.3 cm³/mol. The van der Waals surface area contributed by atoms with Gasteiger partial charge in [0.15, 0.2) is 0 Å². The molecule has 0 spiro atoms. The standard InChI is InChI=1S/C14H19Cl2NO/c1-18-14(5-2-6-14)9-12(17)8-10-7-11(15)3-4-13(10)16/h3-4,7,12H,2,5-6,8-9,17H2,1H3. The van der Waals surface area contributed by atoms with Crippen molar-refractivity contribution in [1.29, 1.82) is 0 Å². The van der Waals surface area contributed by atoms with Gasteiger partial charge in [-0.15, -0.1) is 0 Å². The minimum absolute atomic E-state index is 0.00443. The Balaban J connectivity index is 1.98. The third kappa shape index (κ3) is 3.18. The zero-order chi connectivity index (χ0) is 13.2. The van der Waals surface area contributed by atoms with Crippen LogP contribution in [0.3, 0.4) is 0 Å². The van der Waals surface area contributed by atoms with Crippen LogP contribution in [-0.4, -0.2) is 18.8 Å². The summed E-state index contributed by atoms with van der Waals surface area (Å²) in [4.78, 5) is 0. The van der Waals surface area contributed by atoms with Crippen molar-refractivity contribution in [2.75, 3.05) is 7.11 Å². The van der Waals surface area contributed by atoms with Gasteiger partial charge in [0.1, 0.15) is 0 Å². The van der Waals surface area contributed by atoms with Crippen molar-refractivity contribution in [2.45, 2.75) is 43.7 Å². The van der Waals surface area contributed by atoms with Gasteiger partial charge in [-0.05, 0) is 55.9 Å². The molecule has 1 aromatic rings. The van der Waals surface area contributed by atoms with Crippen LogP contribution in [0.2, 0.25) is 10.0 Å². The first-order chi connectivity index (χ1) is 8.54. The molecule has 100 valence electrons. The highest BCUT2D eigenvalue weighted by atomic mass is 35.5. The van der Waals surface area contributed by atoms with E-state index in [-0.39, 0.29) is 11.6 Å². The first-order valence-corrected chi connectivity index (χ1v) is 7.05. The highest BCUT2D eigenvalue weighted by Crippen LogP contribution is 2.39. The molecule has 0 bridgehead atoms. The minimum Gasteiger partial charge on any atom is -0.378 e. The largest absolute Gasteiger partial charge is 0.378 e. The van der Waals surface area contributed by atoms with E-state index in [2.05, 4.69) is 0 Å². The Morgan fingerprint density at radius 1 is 1.39 bits per heavy atom. The summed E-state index contributed by atoms with van der Waals surface area (Å²) in [7, 11) is 1.78. The molecule has 1 aliphatic carbocycles. The van der Waals surface area contributed by atoms with E-state index in [0.717, 1.165) is 36.3 Å². The molecule has 4 heteroatoms. The van der Waals surface area contributed by atoms with Gasteiger partial charge in [0.05, 0.1) is 5.60 Å². The van der Waals surface area contributed by atoms with Gasteiger partial charge in [0.2, 0.25) is 0 Å². The molecule has 0 heterocycles. The molecule has 1 aromatic carbocycles. The Labute approximate surface area is 118 Å². The van der Waals surface area contributed by atoms with Gasteiger partial charge in [-0.25, -0.2) is 0 Å². The lowest BCUT2D eigenvalue weighted by atomic mass is 9.75. The van der Waals surface area contributed by atoms with E-state index in [1.165, 1.54) is 6.42 Å². The number of benzene rings is 1. The minimum atomic E-state index is 0.00443. The van der Waals surface area contributed by atoms with Crippen molar-refractivity contribution < 1.29 is 4.74 Å². The molecule has 1 atom stereocenters. The summed E-state index contributed by atoms with van der Waals surface area (Å²) < 4.78 is 5.60. The third-order valence-electron chi connectivity index (χ3n) is 3.82. The average molecular weight is 288 g/mol. The molecule has 2 nitrogen and oxygen atoms in total. The summed E-state index contributed by atoms with van der Waals surface area (Å²) in [6.07, 6.45) is 5.08. The smallest absolute Gasteiger partial charge is 0.0693 e. The third-order valence-corrected chi connectivity index (χ3v) is 4.43. The van der Waals surface area contributed by atoms with Crippen LogP contribution in [-0.2, 0) is 11.2 Å². The number of halogens is 2. The summed E-state index contributed by atoms with van der Waals surface area (Å²) in [5, 5.41) is 1.43. The topological polar surface area (TPSA) is 35.2 Å². The van der Waals surface area contributed by atoms with E-state index in [1.54, 1.807) is 13.2 Å². The van der Waals surface area contributed by atoms with E-state index < -0.39 is 0 Å². The van der Waals surface area contributed by atoms with Crippen LogP contribution in [0.25, 0.3) is 0 Å². The second-order valence-corrected chi connectivity index (χ2v) is 5.99. The SMILES string of the molecule is COC1(CC(N)Cc2cc(Cl)ccc2Cl)CCC1. The summed E-state index contributed by atoms with van der Waals surface area (Å²) in [6.45, 7) is 0. The summed E-state index contributed by atoms with van der Waals surface area (Å²) in [5.74, 6) is 0. The molecule has 1 saturated carbocycles. The van der Waals surface area contributed by atoms with Gasteiger partial charge in [0, 0.05) is 23.2 Å². The molecule has 1 fully saturated rings. The van der Waals surface area contributed by atoms with Gasteiger partial charge >= 0.3 is 0 Å². The molecular formula is C14H19Cl2NO. The van der Waals surface area contributed by atoms with E-state index in [1.807, 2.05) is 12.1 Å². The lowest BCUT2D eigenvalue weighted by Crippen LogP contribution is -2.45. The molecular weight excluding hydrogens is 269 g/mol. The first kappa shape index (κ1) is 14.1. The van der Waals surface area contributed by atoms with E-state index in [9.17, 15) is 0 Å². The van der Waals surface area contributed by atoms with Crippen molar-refractivity contribution in [2.24, 2.45) is 5.73 Å². The number of hydrogen-bond donors (Lipinski definition) is 1. The predicted octanol–water partition coefficient (Wildman–Crippen LogP) is 3.82. The summed E-state index contributed by atoms with van der Waals surface area (Å²) >= 11 is 12.1. The number of methoxy groups -OCH3 is 1. The zero-order valence-electron chi connectivity index (χ0n) is 10.6. The number of nitrogens with two attached hydrogens (primary N) is 1.